The average molecular weight is 336 g/mol. The standard InChI is InChI=1S/C13H16BrF2NO2/c1-13(2,3)19-12(18)17-10(11(15)16)8-4-6-9(14)7-5-8/h4-7,10-11H,1-3H3,(H,17,18)/t10-/m0/s1. The zero-order chi connectivity index (χ0) is 14.6. The first-order chi connectivity index (χ1) is 8.69. The van der Waals surface area contributed by atoms with Crippen molar-refractivity contribution < 1.29 is 18.3 Å². The normalized spacial score (nSPS) is 13.2. The van der Waals surface area contributed by atoms with Gasteiger partial charge < -0.3 is 10.1 Å². The lowest BCUT2D eigenvalue weighted by Crippen LogP contribution is -2.37. The van der Waals surface area contributed by atoms with Crippen molar-refractivity contribution >= 4 is 22.0 Å². The Bertz CT molecular complexity index is 429. The van der Waals surface area contributed by atoms with Crippen LogP contribution in [0.15, 0.2) is 28.7 Å². The molecular formula is C13H16BrF2NO2. The van der Waals surface area contributed by atoms with E-state index in [4.69, 9.17) is 4.74 Å². The van der Waals surface area contributed by atoms with E-state index < -0.39 is 24.2 Å². The van der Waals surface area contributed by atoms with Crippen LogP contribution >= 0.6 is 15.9 Å². The second-order valence-corrected chi connectivity index (χ2v) is 5.93. The first kappa shape index (κ1) is 15.9. The van der Waals surface area contributed by atoms with E-state index in [1.54, 1.807) is 32.9 Å². The van der Waals surface area contributed by atoms with Gasteiger partial charge in [0.1, 0.15) is 11.6 Å². The van der Waals surface area contributed by atoms with E-state index in [-0.39, 0.29) is 0 Å². The fraction of sp³-hybridized carbons (Fsp3) is 0.462. The molecule has 1 aromatic rings. The van der Waals surface area contributed by atoms with Crippen LogP contribution in [0.5, 0.6) is 0 Å². The van der Waals surface area contributed by atoms with Crippen molar-refractivity contribution in [3.8, 4) is 0 Å². The zero-order valence-corrected chi connectivity index (χ0v) is 12.5. The molecule has 6 heteroatoms. The van der Waals surface area contributed by atoms with Gasteiger partial charge in [0.15, 0.2) is 0 Å². The summed E-state index contributed by atoms with van der Waals surface area (Å²) in [5.74, 6) is 0. The number of hydrogen-bond donors (Lipinski definition) is 1. The van der Waals surface area contributed by atoms with Crippen LogP contribution in [0.25, 0.3) is 0 Å². The fourth-order valence-corrected chi connectivity index (χ4v) is 1.66. The Balaban J connectivity index is 2.79. The van der Waals surface area contributed by atoms with Crippen LogP contribution in [0, 0.1) is 0 Å². The van der Waals surface area contributed by atoms with E-state index in [2.05, 4.69) is 21.2 Å². The molecule has 0 radical (unpaired) electrons. The molecule has 1 N–H and O–H groups in total. The molecule has 1 rings (SSSR count). The minimum Gasteiger partial charge on any atom is -0.444 e. The molecule has 0 bridgehead atoms. The summed E-state index contributed by atoms with van der Waals surface area (Å²) in [7, 11) is 0. The van der Waals surface area contributed by atoms with Gasteiger partial charge in [-0.05, 0) is 38.5 Å². The van der Waals surface area contributed by atoms with Gasteiger partial charge in [0.25, 0.3) is 6.43 Å². The molecule has 0 saturated heterocycles. The lowest BCUT2D eigenvalue weighted by Gasteiger charge is -2.23. The number of carbonyl (C=O) groups excluding carboxylic acids is 1. The Morgan fingerprint density at radius 1 is 1.26 bits per heavy atom. The summed E-state index contributed by atoms with van der Waals surface area (Å²) in [6, 6.07) is 4.95. The number of halogens is 3. The maximum atomic E-state index is 13.0. The molecule has 0 aliphatic heterocycles. The zero-order valence-electron chi connectivity index (χ0n) is 10.9. The number of alkyl carbamates (subject to hydrolysis) is 1. The third-order valence-electron chi connectivity index (χ3n) is 2.15. The molecule has 0 spiro atoms. The number of benzene rings is 1. The van der Waals surface area contributed by atoms with Gasteiger partial charge in [0.05, 0.1) is 0 Å². The van der Waals surface area contributed by atoms with Crippen molar-refractivity contribution in [1.29, 1.82) is 0 Å². The lowest BCUT2D eigenvalue weighted by molar-refractivity contribution is 0.0373. The summed E-state index contributed by atoms with van der Waals surface area (Å²) < 4.78 is 31.7. The molecule has 1 atom stereocenters. The van der Waals surface area contributed by atoms with Crippen LogP contribution < -0.4 is 5.32 Å². The molecule has 0 fully saturated rings. The van der Waals surface area contributed by atoms with E-state index in [1.165, 1.54) is 12.1 Å². The molecule has 0 aliphatic rings. The number of alkyl halides is 2. The van der Waals surface area contributed by atoms with Gasteiger partial charge in [0.2, 0.25) is 0 Å². The second kappa shape index (κ2) is 6.32. The number of carbonyl (C=O) groups is 1. The highest BCUT2D eigenvalue weighted by molar-refractivity contribution is 9.10. The summed E-state index contributed by atoms with van der Waals surface area (Å²) >= 11 is 3.22. The lowest BCUT2D eigenvalue weighted by atomic mass is 10.1. The minimum absolute atomic E-state index is 0.323. The van der Waals surface area contributed by atoms with E-state index in [1.807, 2.05) is 0 Å². The van der Waals surface area contributed by atoms with Gasteiger partial charge in [-0.25, -0.2) is 13.6 Å². The van der Waals surface area contributed by atoms with Crippen molar-refractivity contribution in [3.63, 3.8) is 0 Å². The third kappa shape index (κ3) is 5.55. The molecule has 106 valence electrons. The van der Waals surface area contributed by atoms with Crippen LogP contribution in [0.3, 0.4) is 0 Å². The molecular weight excluding hydrogens is 320 g/mol. The number of nitrogens with one attached hydrogen (secondary N) is 1. The molecule has 0 saturated carbocycles. The van der Waals surface area contributed by atoms with Crippen molar-refractivity contribution in [2.75, 3.05) is 0 Å². The van der Waals surface area contributed by atoms with Crippen molar-refractivity contribution in [1.82, 2.24) is 5.32 Å². The van der Waals surface area contributed by atoms with Crippen molar-refractivity contribution in [3.05, 3.63) is 34.3 Å². The smallest absolute Gasteiger partial charge is 0.408 e. The summed E-state index contributed by atoms with van der Waals surface area (Å²) in [4.78, 5) is 11.5. The Morgan fingerprint density at radius 3 is 2.21 bits per heavy atom. The average Bonchev–Trinajstić information content (AvgIpc) is 2.24. The monoisotopic (exact) mass is 335 g/mol. The van der Waals surface area contributed by atoms with E-state index in [0.717, 1.165) is 4.47 Å². The molecule has 3 nitrogen and oxygen atoms in total. The van der Waals surface area contributed by atoms with Crippen molar-refractivity contribution in [2.45, 2.75) is 38.8 Å². The highest BCUT2D eigenvalue weighted by Gasteiger charge is 2.26. The predicted molar refractivity (Wildman–Crippen MR) is 72.3 cm³/mol. The summed E-state index contributed by atoms with van der Waals surface area (Å²) in [5.41, 5.74) is -0.403. The highest BCUT2D eigenvalue weighted by atomic mass is 79.9. The van der Waals surface area contributed by atoms with Crippen LogP contribution in [-0.4, -0.2) is 18.1 Å². The number of ether oxygens (including phenoxy) is 1. The van der Waals surface area contributed by atoms with E-state index in [0.29, 0.717) is 5.56 Å². The van der Waals surface area contributed by atoms with Crippen molar-refractivity contribution in [2.24, 2.45) is 0 Å². The molecule has 0 heterocycles. The van der Waals surface area contributed by atoms with Crippen LogP contribution in [0.1, 0.15) is 32.4 Å². The van der Waals surface area contributed by atoms with Crippen LogP contribution in [0.4, 0.5) is 13.6 Å². The highest BCUT2D eigenvalue weighted by Crippen LogP contribution is 2.23. The number of rotatable bonds is 3. The quantitative estimate of drug-likeness (QED) is 0.895. The predicted octanol–water partition coefficient (Wildman–Crippen LogP) is 4.28. The molecule has 0 aromatic heterocycles. The van der Waals surface area contributed by atoms with Crippen LogP contribution in [-0.2, 0) is 4.74 Å². The maximum absolute atomic E-state index is 13.0. The first-order valence-electron chi connectivity index (χ1n) is 5.72. The van der Waals surface area contributed by atoms with Gasteiger partial charge in [-0.2, -0.15) is 0 Å². The summed E-state index contributed by atoms with van der Waals surface area (Å²) in [6.45, 7) is 5.01. The topological polar surface area (TPSA) is 38.3 Å². The SMILES string of the molecule is CC(C)(C)OC(=O)N[C@@H](c1ccc(Br)cc1)C(F)F. The second-order valence-electron chi connectivity index (χ2n) is 5.01. The van der Waals surface area contributed by atoms with Gasteiger partial charge in [0, 0.05) is 4.47 Å². The first-order valence-corrected chi connectivity index (χ1v) is 6.51. The van der Waals surface area contributed by atoms with Gasteiger partial charge >= 0.3 is 6.09 Å². The van der Waals surface area contributed by atoms with Gasteiger partial charge in [-0.3, -0.25) is 0 Å². The third-order valence-corrected chi connectivity index (χ3v) is 2.68. The minimum atomic E-state index is -2.71. The molecule has 0 unspecified atom stereocenters. The molecule has 19 heavy (non-hydrogen) atoms. The molecule has 0 aliphatic carbocycles. The fourth-order valence-electron chi connectivity index (χ4n) is 1.40. The van der Waals surface area contributed by atoms with Gasteiger partial charge in [-0.15, -0.1) is 0 Å². The van der Waals surface area contributed by atoms with Crippen LogP contribution in [0.2, 0.25) is 0 Å². The number of hydrogen-bond acceptors (Lipinski definition) is 2. The van der Waals surface area contributed by atoms with E-state index in [9.17, 15) is 13.6 Å². The van der Waals surface area contributed by atoms with Gasteiger partial charge in [-0.1, -0.05) is 28.1 Å². The number of amides is 1. The maximum Gasteiger partial charge on any atom is 0.408 e. The molecule has 1 amide bonds. The summed E-state index contributed by atoms with van der Waals surface area (Å²) in [6.07, 6.45) is -3.57. The Labute approximate surface area is 119 Å². The van der Waals surface area contributed by atoms with E-state index >= 15 is 0 Å². The summed E-state index contributed by atoms with van der Waals surface area (Å²) in [5, 5.41) is 2.18. The Kier molecular flexibility index (Phi) is 5.29. The largest absolute Gasteiger partial charge is 0.444 e. The Morgan fingerprint density at radius 2 is 1.79 bits per heavy atom. The Hall–Kier alpha value is -1.17. The molecule has 1 aromatic carbocycles.